The lowest BCUT2D eigenvalue weighted by Crippen LogP contribution is -2.37. The highest BCUT2D eigenvalue weighted by atomic mass is 16.5. The van der Waals surface area contributed by atoms with Crippen LogP contribution in [0, 0.1) is 6.92 Å². The first-order valence-electron chi connectivity index (χ1n) is 12.1. The van der Waals surface area contributed by atoms with Gasteiger partial charge < -0.3 is 14.8 Å². The van der Waals surface area contributed by atoms with E-state index in [-0.39, 0.29) is 17.6 Å². The van der Waals surface area contributed by atoms with E-state index in [4.69, 9.17) is 9.47 Å². The average Bonchev–Trinajstić information content (AvgIpc) is 3.03. The Bertz CT molecular complexity index is 1360. The third-order valence-corrected chi connectivity index (χ3v) is 7.10. The summed E-state index contributed by atoms with van der Waals surface area (Å²) in [6.07, 6.45) is 0.986. The van der Waals surface area contributed by atoms with E-state index in [1.165, 1.54) is 0 Å². The Morgan fingerprint density at radius 1 is 0.917 bits per heavy atom. The van der Waals surface area contributed by atoms with E-state index in [1.807, 2.05) is 73.7 Å². The average molecular weight is 483 g/mol. The number of methoxy groups -OCH3 is 2. The summed E-state index contributed by atoms with van der Waals surface area (Å²) < 4.78 is 10.9. The van der Waals surface area contributed by atoms with E-state index in [0.717, 1.165) is 33.8 Å². The summed E-state index contributed by atoms with van der Waals surface area (Å²) in [5, 5.41) is 3.55. The van der Waals surface area contributed by atoms with Crippen LogP contribution in [0.2, 0.25) is 0 Å². The molecule has 3 aromatic rings. The molecule has 0 aromatic heterocycles. The summed E-state index contributed by atoms with van der Waals surface area (Å²) >= 11 is 0. The molecule has 184 valence electrons. The molecule has 2 atom stereocenters. The van der Waals surface area contributed by atoms with Crippen molar-refractivity contribution in [1.82, 2.24) is 0 Å². The maximum absolute atomic E-state index is 13.9. The number of fused-ring (bicyclic) bond motifs is 1. The molecule has 2 aliphatic rings. The largest absolute Gasteiger partial charge is 0.493 e. The van der Waals surface area contributed by atoms with Crippen LogP contribution in [0.15, 0.2) is 78.0 Å². The van der Waals surface area contributed by atoms with Crippen molar-refractivity contribution in [3.8, 4) is 11.5 Å². The number of allylic oxidation sites excluding steroid dienone is 1. The van der Waals surface area contributed by atoms with Gasteiger partial charge in [0.2, 0.25) is 5.91 Å². The third kappa shape index (κ3) is 4.13. The van der Waals surface area contributed by atoms with Crippen molar-refractivity contribution in [3.63, 3.8) is 0 Å². The highest BCUT2D eigenvalue weighted by Crippen LogP contribution is 2.48. The lowest BCUT2D eigenvalue weighted by atomic mass is 9.78. The van der Waals surface area contributed by atoms with Crippen LogP contribution in [-0.4, -0.2) is 25.9 Å². The standard InChI is InChI=1S/C30H30N2O4/c1-18-9-11-20(12-10-18)30-29-24(31-23-7-5-6-8-25(23)32(30)19(2)33)15-22(16-26(29)34)21-13-14-27(35-3)28(17-21)36-4/h5-14,17,22,30-31H,15-16H2,1-4H3/t22-,30-/m1/s1. The van der Waals surface area contributed by atoms with Crippen molar-refractivity contribution in [2.75, 3.05) is 24.4 Å². The Hall–Kier alpha value is -4.06. The molecule has 0 bridgehead atoms. The molecule has 0 saturated heterocycles. The van der Waals surface area contributed by atoms with Crippen LogP contribution >= 0.6 is 0 Å². The first-order valence-corrected chi connectivity index (χ1v) is 12.1. The van der Waals surface area contributed by atoms with Crippen LogP contribution in [-0.2, 0) is 9.59 Å². The zero-order valence-electron chi connectivity index (χ0n) is 21.0. The highest BCUT2D eigenvalue weighted by Gasteiger charge is 2.40. The number of nitrogens with zero attached hydrogens (tertiary/aromatic N) is 1. The maximum Gasteiger partial charge on any atom is 0.224 e. The molecule has 3 aromatic carbocycles. The van der Waals surface area contributed by atoms with E-state index in [1.54, 1.807) is 26.0 Å². The van der Waals surface area contributed by atoms with Gasteiger partial charge in [-0.2, -0.15) is 0 Å². The second-order valence-corrected chi connectivity index (χ2v) is 9.38. The third-order valence-electron chi connectivity index (χ3n) is 7.10. The molecule has 36 heavy (non-hydrogen) atoms. The summed E-state index contributed by atoms with van der Waals surface area (Å²) in [6.45, 7) is 3.59. The van der Waals surface area contributed by atoms with Gasteiger partial charge in [-0.25, -0.2) is 0 Å². The van der Waals surface area contributed by atoms with E-state index < -0.39 is 6.04 Å². The van der Waals surface area contributed by atoms with Gasteiger partial charge in [0.1, 0.15) is 0 Å². The lowest BCUT2D eigenvalue weighted by molar-refractivity contribution is -0.117. The number of carbonyl (C=O) groups is 2. The molecule has 0 radical (unpaired) electrons. The summed E-state index contributed by atoms with van der Waals surface area (Å²) in [4.78, 5) is 28.8. The molecule has 0 fully saturated rings. The molecule has 1 aliphatic carbocycles. The van der Waals surface area contributed by atoms with E-state index in [2.05, 4.69) is 5.32 Å². The van der Waals surface area contributed by atoms with Crippen molar-refractivity contribution in [2.45, 2.75) is 38.6 Å². The number of carbonyl (C=O) groups excluding carboxylic acids is 2. The summed E-state index contributed by atoms with van der Waals surface area (Å²) in [5.41, 5.74) is 6.14. The molecule has 1 amide bonds. The molecule has 1 aliphatic heterocycles. The first-order chi connectivity index (χ1) is 17.4. The summed E-state index contributed by atoms with van der Waals surface area (Å²) in [6, 6.07) is 21.1. The normalized spacial score (nSPS) is 19.1. The van der Waals surface area contributed by atoms with Gasteiger partial charge in [-0.1, -0.05) is 48.0 Å². The number of hydrogen-bond donors (Lipinski definition) is 1. The molecule has 0 unspecified atom stereocenters. The number of rotatable bonds is 4. The predicted molar refractivity (Wildman–Crippen MR) is 141 cm³/mol. The molecular formula is C30H30N2O4. The number of Topliss-reactive ketones (excluding diaryl/α,β-unsaturated/α-hetero) is 1. The van der Waals surface area contributed by atoms with E-state index in [9.17, 15) is 9.59 Å². The van der Waals surface area contributed by atoms with Gasteiger partial charge in [0, 0.05) is 24.6 Å². The zero-order valence-corrected chi connectivity index (χ0v) is 21.0. The van der Waals surface area contributed by atoms with Crippen LogP contribution in [0.4, 0.5) is 11.4 Å². The SMILES string of the molecule is COc1ccc([C@H]2CC(=O)C3=C(C2)Nc2ccccc2N(C(C)=O)[C@@H]3c2ccc(C)cc2)cc1OC. The van der Waals surface area contributed by atoms with E-state index >= 15 is 0 Å². The quantitative estimate of drug-likeness (QED) is 0.499. The Kier molecular flexibility index (Phi) is 6.27. The monoisotopic (exact) mass is 482 g/mol. The van der Waals surface area contributed by atoms with Crippen LogP contribution < -0.4 is 19.7 Å². The number of anilines is 2. The molecular weight excluding hydrogens is 452 g/mol. The number of amides is 1. The minimum Gasteiger partial charge on any atom is -0.493 e. The number of aryl methyl sites for hydroxylation is 1. The number of para-hydroxylation sites is 2. The number of ketones is 1. The highest BCUT2D eigenvalue weighted by molar-refractivity contribution is 6.06. The van der Waals surface area contributed by atoms with Crippen molar-refractivity contribution in [3.05, 3.63) is 94.7 Å². The van der Waals surface area contributed by atoms with Gasteiger partial charge in [0.15, 0.2) is 17.3 Å². The van der Waals surface area contributed by atoms with Gasteiger partial charge in [-0.05, 0) is 54.7 Å². The number of nitrogens with one attached hydrogen (secondary N) is 1. The summed E-state index contributed by atoms with van der Waals surface area (Å²) in [7, 11) is 3.22. The van der Waals surface area contributed by atoms with Crippen LogP contribution in [0.3, 0.4) is 0 Å². The van der Waals surface area contributed by atoms with Crippen molar-refractivity contribution < 1.29 is 19.1 Å². The van der Waals surface area contributed by atoms with Crippen LogP contribution in [0.25, 0.3) is 0 Å². The van der Waals surface area contributed by atoms with Crippen molar-refractivity contribution in [1.29, 1.82) is 0 Å². The lowest BCUT2D eigenvalue weighted by Gasteiger charge is -2.34. The molecule has 0 saturated carbocycles. The molecule has 1 N–H and O–H groups in total. The van der Waals surface area contributed by atoms with Gasteiger partial charge in [-0.15, -0.1) is 0 Å². The minimum absolute atomic E-state index is 0.0294. The molecule has 5 rings (SSSR count). The van der Waals surface area contributed by atoms with Gasteiger partial charge in [0.05, 0.1) is 31.6 Å². The Labute approximate surface area is 211 Å². The topological polar surface area (TPSA) is 67.9 Å². The summed E-state index contributed by atoms with van der Waals surface area (Å²) in [5.74, 6) is 1.19. The number of hydrogen-bond acceptors (Lipinski definition) is 5. The maximum atomic E-state index is 13.9. The molecule has 6 heteroatoms. The minimum atomic E-state index is -0.506. The Morgan fingerprint density at radius 2 is 1.61 bits per heavy atom. The molecule has 0 spiro atoms. The fraction of sp³-hybridized carbons (Fsp3) is 0.267. The predicted octanol–water partition coefficient (Wildman–Crippen LogP) is 5.93. The van der Waals surface area contributed by atoms with Crippen molar-refractivity contribution >= 4 is 23.1 Å². The number of benzene rings is 3. The first kappa shape index (κ1) is 23.7. The van der Waals surface area contributed by atoms with Crippen LogP contribution in [0.5, 0.6) is 11.5 Å². The fourth-order valence-electron chi connectivity index (χ4n) is 5.34. The second-order valence-electron chi connectivity index (χ2n) is 9.38. The molecule has 6 nitrogen and oxygen atoms in total. The van der Waals surface area contributed by atoms with Gasteiger partial charge in [0.25, 0.3) is 0 Å². The van der Waals surface area contributed by atoms with Crippen molar-refractivity contribution in [2.24, 2.45) is 0 Å². The Balaban J connectivity index is 1.66. The second kappa shape index (κ2) is 9.53. The zero-order chi connectivity index (χ0) is 25.4. The van der Waals surface area contributed by atoms with Gasteiger partial charge >= 0.3 is 0 Å². The van der Waals surface area contributed by atoms with Crippen LogP contribution in [0.1, 0.15) is 48.4 Å². The molecule has 1 heterocycles. The smallest absolute Gasteiger partial charge is 0.224 e. The fourth-order valence-corrected chi connectivity index (χ4v) is 5.34. The van der Waals surface area contributed by atoms with Gasteiger partial charge in [-0.3, -0.25) is 14.5 Å². The Morgan fingerprint density at radius 3 is 2.31 bits per heavy atom. The number of ether oxygens (including phenoxy) is 2. The van der Waals surface area contributed by atoms with E-state index in [0.29, 0.717) is 29.9 Å².